The van der Waals surface area contributed by atoms with Crippen LogP contribution in [-0.2, 0) is 14.3 Å². The van der Waals surface area contributed by atoms with Gasteiger partial charge in [0.15, 0.2) is 0 Å². The number of carbonyl (C=O) groups is 3. The van der Waals surface area contributed by atoms with E-state index in [0.717, 1.165) is 0 Å². The molecule has 0 bridgehead atoms. The smallest absolute Gasteiger partial charge is 0.354 e. The summed E-state index contributed by atoms with van der Waals surface area (Å²) in [5, 5.41) is 11.2. The van der Waals surface area contributed by atoms with Gasteiger partial charge in [-0.15, -0.1) is 0 Å². The largest absolute Gasteiger partial charge is 0.477 e. The number of carboxylic acids is 1. The summed E-state index contributed by atoms with van der Waals surface area (Å²) in [6.07, 6.45) is 1.24. The molecule has 1 aromatic rings. The fraction of sp³-hybridized carbons (Fsp3) is 0.333. The van der Waals surface area contributed by atoms with Crippen molar-refractivity contribution in [2.24, 2.45) is 0 Å². The van der Waals surface area contributed by atoms with E-state index in [1.165, 1.54) is 18.3 Å². The quantitative estimate of drug-likeness (QED) is 0.746. The number of nitrogens with one attached hydrogen (secondary N) is 1. The van der Waals surface area contributed by atoms with Gasteiger partial charge < -0.3 is 15.2 Å². The third kappa shape index (κ3) is 5.15. The van der Waals surface area contributed by atoms with Crippen LogP contribution in [0.2, 0.25) is 0 Å². The lowest BCUT2D eigenvalue weighted by molar-refractivity contribution is -0.144. The van der Waals surface area contributed by atoms with Gasteiger partial charge in [-0.3, -0.25) is 9.59 Å². The fourth-order valence-corrected chi connectivity index (χ4v) is 1.30. The summed E-state index contributed by atoms with van der Waals surface area (Å²) < 4.78 is 4.69. The Morgan fingerprint density at radius 1 is 1.37 bits per heavy atom. The molecular formula is C12H14N2O5. The number of hydrogen-bond donors (Lipinski definition) is 2. The molecule has 1 aromatic heterocycles. The van der Waals surface area contributed by atoms with Gasteiger partial charge in [0.2, 0.25) is 5.91 Å². The Morgan fingerprint density at radius 3 is 2.74 bits per heavy atom. The van der Waals surface area contributed by atoms with Crippen molar-refractivity contribution in [1.82, 2.24) is 4.98 Å². The number of esters is 1. The normalized spacial score (nSPS) is 9.74. The third-order valence-electron chi connectivity index (χ3n) is 2.12. The number of anilines is 1. The predicted molar refractivity (Wildman–Crippen MR) is 65.7 cm³/mol. The van der Waals surface area contributed by atoms with Crippen LogP contribution in [0.4, 0.5) is 5.69 Å². The van der Waals surface area contributed by atoms with E-state index in [-0.39, 0.29) is 25.1 Å². The molecule has 0 unspecified atom stereocenters. The van der Waals surface area contributed by atoms with Crippen LogP contribution in [0.1, 0.15) is 30.3 Å². The van der Waals surface area contributed by atoms with Crippen molar-refractivity contribution in [1.29, 1.82) is 0 Å². The Labute approximate surface area is 109 Å². The monoisotopic (exact) mass is 266 g/mol. The maximum atomic E-state index is 11.5. The molecule has 1 amide bonds. The highest BCUT2D eigenvalue weighted by Gasteiger charge is 2.09. The number of aromatic carboxylic acids is 1. The number of rotatable bonds is 6. The van der Waals surface area contributed by atoms with Crippen LogP contribution < -0.4 is 5.32 Å². The molecule has 0 saturated heterocycles. The Kier molecular flexibility index (Phi) is 5.46. The second kappa shape index (κ2) is 7.10. The van der Waals surface area contributed by atoms with Gasteiger partial charge in [-0.2, -0.15) is 0 Å². The molecule has 7 nitrogen and oxygen atoms in total. The molecular weight excluding hydrogens is 252 g/mol. The van der Waals surface area contributed by atoms with E-state index >= 15 is 0 Å². The summed E-state index contributed by atoms with van der Waals surface area (Å²) in [6.45, 7) is 1.95. The highest BCUT2D eigenvalue weighted by Crippen LogP contribution is 2.09. The number of carboxylic acid groups (broad SMARTS) is 1. The van der Waals surface area contributed by atoms with Crippen molar-refractivity contribution in [2.75, 3.05) is 11.9 Å². The minimum Gasteiger partial charge on any atom is -0.477 e. The maximum absolute atomic E-state index is 11.5. The molecule has 0 spiro atoms. The Balaban J connectivity index is 2.50. The number of aromatic nitrogens is 1. The molecule has 1 rings (SSSR count). The van der Waals surface area contributed by atoms with Gasteiger partial charge in [0.1, 0.15) is 5.69 Å². The van der Waals surface area contributed by atoms with Crippen LogP contribution >= 0.6 is 0 Å². The highest BCUT2D eigenvalue weighted by molar-refractivity contribution is 5.94. The van der Waals surface area contributed by atoms with Crippen molar-refractivity contribution < 1.29 is 24.2 Å². The SMILES string of the molecule is CCOC(=O)CCC(=O)Nc1ccnc(C(=O)O)c1. The first-order chi connectivity index (χ1) is 9.02. The zero-order valence-electron chi connectivity index (χ0n) is 10.4. The maximum Gasteiger partial charge on any atom is 0.354 e. The number of carbonyl (C=O) groups excluding carboxylic acids is 2. The molecule has 0 aliphatic heterocycles. The van der Waals surface area contributed by atoms with E-state index in [0.29, 0.717) is 5.69 Å². The highest BCUT2D eigenvalue weighted by atomic mass is 16.5. The van der Waals surface area contributed by atoms with Gasteiger partial charge in [0, 0.05) is 18.3 Å². The fourth-order valence-electron chi connectivity index (χ4n) is 1.30. The molecule has 0 radical (unpaired) electrons. The van der Waals surface area contributed by atoms with Gasteiger partial charge in [-0.05, 0) is 19.1 Å². The van der Waals surface area contributed by atoms with Gasteiger partial charge in [-0.25, -0.2) is 9.78 Å². The van der Waals surface area contributed by atoms with Crippen molar-refractivity contribution in [2.45, 2.75) is 19.8 Å². The zero-order chi connectivity index (χ0) is 14.3. The molecule has 7 heteroatoms. The number of amides is 1. The first-order valence-corrected chi connectivity index (χ1v) is 5.67. The first-order valence-electron chi connectivity index (χ1n) is 5.67. The lowest BCUT2D eigenvalue weighted by Crippen LogP contribution is -2.15. The standard InChI is InChI=1S/C12H14N2O5/c1-2-19-11(16)4-3-10(15)14-8-5-6-13-9(7-8)12(17)18/h5-7H,2-4H2,1H3,(H,17,18)(H,13,14,15). The van der Waals surface area contributed by atoms with Crippen molar-refractivity contribution in [3.8, 4) is 0 Å². The van der Waals surface area contributed by atoms with Crippen LogP contribution in [-0.4, -0.2) is 34.5 Å². The molecule has 19 heavy (non-hydrogen) atoms. The van der Waals surface area contributed by atoms with Gasteiger partial charge in [-0.1, -0.05) is 0 Å². The van der Waals surface area contributed by atoms with Crippen molar-refractivity contribution >= 4 is 23.5 Å². The molecule has 0 atom stereocenters. The van der Waals surface area contributed by atoms with Gasteiger partial charge in [0.25, 0.3) is 0 Å². The summed E-state index contributed by atoms with van der Waals surface area (Å²) in [4.78, 5) is 36.9. The van der Waals surface area contributed by atoms with E-state index in [2.05, 4.69) is 15.0 Å². The second-order valence-electron chi connectivity index (χ2n) is 3.59. The van der Waals surface area contributed by atoms with Gasteiger partial charge >= 0.3 is 11.9 Å². The molecule has 102 valence electrons. The molecule has 0 aliphatic carbocycles. The molecule has 0 saturated carbocycles. The minimum atomic E-state index is -1.18. The Bertz CT molecular complexity index is 487. The minimum absolute atomic E-state index is 0.0173. The van der Waals surface area contributed by atoms with Gasteiger partial charge in [0.05, 0.1) is 13.0 Å². The molecule has 0 aliphatic rings. The summed E-state index contributed by atoms with van der Waals surface area (Å²) >= 11 is 0. The van der Waals surface area contributed by atoms with E-state index in [9.17, 15) is 14.4 Å². The zero-order valence-corrected chi connectivity index (χ0v) is 10.4. The first kappa shape index (κ1) is 14.6. The average molecular weight is 266 g/mol. The summed E-state index contributed by atoms with van der Waals surface area (Å²) in [7, 11) is 0. The number of hydrogen-bond acceptors (Lipinski definition) is 5. The van der Waals surface area contributed by atoms with Crippen molar-refractivity contribution in [3.05, 3.63) is 24.0 Å². The van der Waals surface area contributed by atoms with E-state index < -0.39 is 17.8 Å². The molecule has 0 fully saturated rings. The predicted octanol–water partition coefficient (Wildman–Crippen LogP) is 1.06. The lowest BCUT2D eigenvalue weighted by atomic mass is 10.2. The molecule has 2 N–H and O–H groups in total. The van der Waals surface area contributed by atoms with E-state index in [1.54, 1.807) is 6.92 Å². The molecule has 0 aromatic carbocycles. The summed E-state index contributed by atoms with van der Waals surface area (Å²) in [5.74, 6) is -2.02. The van der Waals surface area contributed by atoms with Crippen molar-refractivity contribution in [3.63, 3.8) is 0 Å². The lowest BCUT2D eigenvalue weighted by Gasteiger charge is -2.05. The van der Waals surface area contributed by atoms with E-state index in [1.807, 2.05) is 0 Å². The third-order valence-corrected chi connectivity index (χ3v) is 2.12. The van der Waals surface area contributed by atoms with E-state index in [4.69, 9.17) is 5.11 Å². The Morgan fingerprint density at radius 2 is 2.11 bits per heavy atom. The summed E-state index contributed by atoms with van der Waals surface area (Å²) in [6, 6.07) is 2.71. The molecule has 1 heterocycles. The van der Waals surface area contributed by atoms with Crippen LogP contribution in [0, 0.1) is 0 Å². The van der Waals surface area contributed by atoms with Crippen LogP contribution in [0.25, 0.3) is 0 Å². The topological polar surface area (TPSA) is 106 Å². The number of nitrogens with zero attached hydrogens (tertiary/aromatic N) is 1. The van der Waals surface area contributed by atoms with Crippen LogP contribution in [0.5, 0.6) is 0 Å². The average Bonchev–Trinajstić information content (AvgIpc) is 2.37. The van der Waals surface area contributed by atoms with Crippen LogP contribution in [0.3, 0.4) is 0 Å². The number of ether oxygens (including phenoxy) is 1. The Hall–Kier alpha value is -2.44. The number of pyridine rings is 1. The summed E-state index contributed by atoms with van der Waals surface area (Å²) in [5.41, 5.74) is 0.157. The van der Waals surface area contributed by atoms with Crippen LogP contribution in [0.15, 0.2) is 18.3 Å². The second-order valence-corrected chi connectivity index (χ2v) is 3.59.